The first-order chi connectivity index (χ1) is 6.74. The van der Waals surface area contributed by atoms with Gasteiger partial charge in [-0.25, -0.2) is 4.79 Å². The van der Waals surface area contributed by atoms with E-state index in [1.54, 1.807) is 0 Å². The molecule has 1 aliphatic carbocycles. The molecule has 82 valence electrons. The Labute approximate surface area is 85.6 Å². The van der Waals surface area contributed by atoms with Gasteiger partial charge < -0.3 is 15.0 Å². The van der Waals surface area contributed by atoms with E-state index >= 15 is 0 Å². The highest BCUT2D eigenvalue weighted by molar-refractivity contribution is 5.66. The zero-order chi connectivity index (χ0) is 10.4. The number of carbonyl (C=O) groups is 1. The number of ether oxygens (including phenoxy) is 1. The fourth-order valence-electron chi connectivity index (χ4n) is 1.93. The number of rotatable bonds is 4. The van der Waals surface area contributed by atoms with E-state index in [0.29, 0.717) is 6.54 Å². The molecule has 1 rings (SSSR count). The van der Waals surface area contributed by atoms with Gasteiger partial charge in [-0.1, -0.05) is 12.8 Å². The van der Waals surface area contributed by atoms with E-state index in [-0.39, 0.29) is 6.09 Å². The molecule has 0 bridgehead atoms. The first kappa shape index (κ1) is 11.3. The molecule has 4 nitrogen and oxygen atoms in total. The molecule has 1 aliphatic rings. The normalized spacial score (nSPS) is 17.4. The summed E-state index contributed by atoms with van der Waals surface area (Å²) in [7, 11) is 3.50. The summed E-state index contributed by atoms with van der Waals surface area (Å²) in [5.74, 6) is 0. The molecular formula is C10H20N2O2. The molecule has 0 spiro atoms. The molecule has 0 saturated heterocycles. The Morgan fingerprint density at radius 3 is 2.71 bits per heavy atom. The van der Waals surface area contributed by atoms with E-state index in [0.717, 1.165) is 12.6 Å². The van der Waals surface area contributed by atoms with Gasteiger partial charge >= 0.3 is 6.09 Å². The van der Waals surface area contributed by atoms with Crippen LogP contribution in [-0.4, -0.2) is 44.3 Å². The van der Waals surface area contributed by atoms with Gasteiger partial charge in [0.2, 0.25) is 0 Å². The van der Waals surface area contributed by atoms with Crippen LogP contribution in [0.5, 0.6) is 0 Å². The van der Waals surface area contributed by atoms with Gasteiger partial charge in [-0.15, -0.1) is 0 Å². The van der Waals surface area contributed by atoms with Crippen molar-refractivity contribution in [1.82, 2.24) is 10.2 Å². The Morgan fingerprint density at radius 1 is 1.50 bits per heavy atom. The van der Waals surface area contributed by atoms with Crippen molar-refractivity contribution in [2.24, 2.45) is 0 Å². The minimum absolute atomic E-state index is 0.343. The topological polar surface area (TPSA) is 41.6 Å². The number of alkyl carbamates (subject to hydrolysis) is 1. The zero-order valence-corrected chi connectivity index (χ0v) is 9.08. The van der Waals surface area contributed by atoms with E-state index in [1.807, 2.05) is 0 Å². The van der Waals surface area contributed by atoms with Gasteiger partial charge in [0.15, 0.2) is 0 Å². The van der Waals surface area contributed by atoms with Gasteiger partial charge in [-0.05, 0) is 19.9 Å². The van der Waals surface area contributed by atoms with Crippen LogP contribution in [0.15, 0.2) is 0 Å². The van der Waals surface area contributed by atoms with Crippen LogP contribution in [0.25, 0.3) is 0 Å². The van der Waals surface area contributed by atoms with Crippen LogP contribution in [0.3, 0.4) is 0 Å². The number of methoxy groups -OCH3 is 1. The minimum atomic E-state index is -0.343. The van der Waals surface area contributed by atoms with Crippen molar-refractivity contribution >= 4 is 6.09 Å². The molecule has 0 aromatic rings. The third-order valence-electron chi connectivity index (χ3n) is 2.87. The Bertz CT molecular complexity index is 179. The standard InChI is InChI=1S/C10H20N2O2/c1-12(9-5-3-4-6-9)8-7-11-10(13)14-2/h9H,3-8H2,1-2H3,(H,11,13). The molecule has 1 N–H and O–H groups in total. The van der Waals surface area contributed by atoms with Crippen LogP contribution >= 0.6 is 0 Å². The van der Waals surface area contributed by atoms with Crippen molar-refractivity contribution in [1.29, 1.82) is 0 Å². The summed E-state index contributed by atoms with van der Waals surface area (Å²) in [4.78, 5) is 13.1. The second-order valence-corrected chi connectivity index (χ2v) is 3.84. The van der Waals surface area contributed by atoms with Gasteiger partial charge in [0.05, 0.1) is 7.11 Å². The largest absolute Gasteiger partial charge is 0.453 e. The molecule has 0 aromatic heterocycles. The second-order valence-electron chi connectivity index (χ2n) is 3.84. The number of hydrogen-bond donors (Lipinski definition) is 1. The SMILES string of the molecule is COC(=O)NCCN(C)C1CCCC1. The number of carbonyl (C=O) groups excluding carboxylic acids is 1. The van der Waals surface area contributed by atoms with Gasteiger partial charge in [0.25, 0.3) is 0 Å². The van der Waals surface area contributed by atoms with E-state index in [4.69, 9.17) is 0 Å². The Morgan fingerprint density at radius 2 is 2.14 bits per heavy atom. The molecule has 0 aromatic carbocycles. The van der Waals surface area contributed by atoms with Crippen molar-refractivity contribution in [3.63, 3.8) is 0 Å². The summed E-state index contributed by atoms with van der Waals surface area (Å²) in [6.07, 6.45) is 4.95. The number of nitrogens with one attached hydrogen (secondary N) is 1. The van der Waals surface area contributed by atoms with Gasteiger partial charge in [0, 0.05) is 19.1 Å². The molecule has 1 saturated carbocycles. The first-order valence-corrected chi connectivity index (χ1v) is 5.26. The number of nitrogens with zero attached hydrogens (tertiary/aromatic N) is 1. The number of hydrogen-bond acceptors (Lipinski definition) is 3. The summed E-state index contributed by atoms with van der Waals surface area (Å²) < 4.78 is 4.49. The highest BCUT2D eigenvalue weighted by Crippen LogP contribution is 2.21. The van der Waals surface area contributed by atoms with Crippen LogP contribution in [-0.2, 0) is 4.74 Å². The molecule has 0 aliphatic heterocycles. The monoisotopic (exact) mass is 200 g/mol. The maximum Gasteiger partial charge on any atom is 0.406 e. The van der Waals surface area contributed by atoms with Gasteiger partial charge in [0.1, 0.15) is 0 Å². The summed E-state index contributed by atoms with van der Waals surface area (Å²) >= 11 is 0. The number of amides is 1. The highest BCUT2D eigenvalue weighted by atomic mass is 16.5. The van der Waals surface area contributed by atoms with E-state index < -0.39 is 0 Å². The van der Waals surface area contributed by atoms with Gasteiger partial charge in [-0.2, -0.15) is 0 Å². The van der Waals surface area contributed by atoms with Crippen molar-refractivity contribution in [3.8, 4) is 0 Å². The van der Waals surface area contributed by atoms with Crippen molar-refractivity contribution < 1.29 is 9.53 Å². The minimum Gasteiger partial charge on any atom is -0.453 e. The molecular weight excluding hydrogens is 180 g/mol. The predicted molar refractivity (Wildman–Crippen MR) is 55.3 cm³/mol. The molecule has 0 heterocycles. The first-order valence-electron chi connectivity index (χ1n) is 5.26. The van der Waals surface area contributed by atoms with Crippen LogP contribution in [0.2, 0.25) is 0 Å². The van der Waals surface area contributed by atoms with Gasteiger partial charge in [-0.3, -0.25) is 0 Å². The van der Waals surface area contributed by atoms with Crippen LogP contribution in [0.4, 0.5) is 4.79 Å². The average Bonchev–Trinajstić information content (AvgIpc) is 2.70. The second kappa shape index (κ2) is 5.86. The smallest absolute Gasteiger partial charge is 0.406 e. The Kier molecular flexibility index (Phi) is 4.73. The summed E-state index contributed by atoms with van der Waals surface area (Å²) in [5, 5.41) is 2.68. The molecule has 1 amide bonds. The zero-order valence-electron chi connectivity index (χ0n) is 9.08. The molecule has 1 fully saturated rings. The summed E-state index contributed by atoms with van der Waals surface area (Å²) in [6, 6.07) is 0.717. The fourth-order valence-corrected chi connectivity index (χ4v) is 1.93. The lowest BCUT2D eigenvalue weighted by atomic mass is 10.2. The lowest BCUT2D eigenvalue weighted by molar-refractivity contribution is 0.167. The van der Waals surface area contributed by atoms with Crippen LogP contribution < -0.4 is 5.32 Å². The third-order valence-corrected chi connectivity index (χ3v) is 2.87. The van der Waals surface area contributed by atoms with E-state index in [1.165, 1.54) is 32.8 Å². The maximum absolute atomic E-state index is 10.8. The predicted octanol–water partition coefficient (Wildman–Crippen LogP) is 1.22. The molecule has 14 heavy (non-hydrogen) atoms. The quantitative estimate of drug-likeness (QED) is 0.742. The maximum atomic E-state index is 10.8. The van der Waals surface area contributed by atoms with E-state index in [2.05, 4.69) is 22.0 Å². The molecule has 4 heteroatoms. The molecule has 0 atom stereocenters. The molecule has 0 unspecified atom stereocenters. The lowest BCUT2D eigenvalue weighted by Crippen LogP contribution is -2.37. The van der Waals surface area contributed by atoms with Crippen molar-refractivity contribution in [2.75, 3.05) is 27.2 Å². The lowest BCUT2D eigenvalue weighted by Gasteiger charge is -2.23. The number of likely N-dealkylation sites (N-methyl/N-ethyl adjacent to an activating group) is 1. The van der Waals surface area contributed by atoms with Crippen LogP contribution in [0, 0.1) is 0 Å². The Balaban J connectivity index is 2.08. The van der Waals surface area contributed by atoms with Crippen LogP contribution in [0.1, 0.15) is 25.7 Å². The highest BCUT2D eigenvalue weighted by Gasteiger charge is 2.18. The van der Waals surface area contributed by atoms with Crippen molar-refractivity contribution in [2.45, 2.75) is 31.7 Å². The van der Waals surface area contributed by atoms with Crippen molar-refractivity contribution in [3.05, 3.63) is 0 Å². The molecule has 0 radical (unpaired) electrons. The summed E-state index contributed by atoms with van der Waals surface area (Å²) in [5.41, 5.74) is 0. The Hall–Kier alpha value is -0.770. The summed E-state index contributed by atoms with van der Waals surface area (Å²) in [6.45, 7) is 1.57. The fraction of sp³-hybridized carbons (Fsp3) is 0.900. The third kappa shape index (κ3) is 3.54. The van der Waals surface area contributed by atoms with E-state index in [9.17, 15) is 4.79 Å². The average molecular weight is 200 g/mol.